The van der Waals surface area contributed by atoms with Crippen molar-refractivity contribution in [1.29, 1.82) is 0 Å². The van der Waals surface area contributed by atoms with Crippen molar-refractivity contribution in [2.45, 2.75) is 31.3 Å². The van der Waals surface area contributed by atoms with Crippen molar-refractivity contribution in [1.82, 2.24) is 9.80 Å². The first-order valence-electron chi connectivity index (χ1n) is 6.20. The van der Waals surface area contributed by atoms with E-state index in [1.165, 1.54) is 6.42 Å². The number of halogens is 3. The molecule has 0 aromatic carbocycles. The Balaban J connectivity index is 1.93. The smallest absolute Gasteiger partial charge is 0.445 e. The Labute approximate surface area is 101 Å². The highest BCUT2D eigenvalue weighted by Gasteiger charge is 2.35. The van der Waals surface area contributed by atoms with Gasteiger partial charge in [-0.2, -0.15) is 0 Å². The molecule has 2 rings (SSSR count). The molecule has 2 fully saturated rings. The number of fused-ring (bicyclic) bond motifs is 2. The zero-order chi connectivity index (χ0) is 12.6. The average Bonchev–Trinajstić information content (AvgIpc) is 2.44. The van der Waals surface area contributed by atoms with Crippen molar-refractivity contribution >= 4 is 6.98 Å². The third-order valence-corrected chi connectivity index (χ3v) is 4.12. The summed E-state index contributed by atoms with van der Waals surface area (Å²) in [5.41, 5.74) is -0.564. The van der Waals surface area contributed by atoms with E-state index in [4.69, 9.17) is 0 Å². The number of likely N-dealkylation sites (tertiary alicyclic amines) is 1. The minimum atomic E-state index is -4.88. The van der Waals surface area contributed by atoms with Gasteiger partial charge in [0.2, 0.25) is 0 Å². The predicted octanol–water partition coefficient (Wildman–Crippen LogP) is 2.10. The lowest BCUT2D eigenvalue weighted by atomic mass is 9.80. The van der Waals surface area contributed by atoms with Gasteiger partial charge < -0.3 is 17.8 Å². The second-order valence-corrected chi connectivity index (χ2v) is 5.31. The van der Waals surface area contributed by atoms with Gasteiger partial charge in [0.25, 0.3) is 0 Å². The lowest BCUT2D eigenvalue weighted by Crippen LogP contribution is -2.39. The van der Waals surface area contributed by atoms with Crippen LogP contribution < -0.4 is 0 Å². The van der Waals surface area contributed by atoms with Crippen LogP contribution in [-0.2, 0) is 0 Å². The Morgan fingerprint density at radius 3 is 2.53 bits per heavy atom. The quantitative estimate of drug-likeness (QED) is 0.704. The minimum absolute atomic E-state index is 0.0133. The van der Waals surface area contributed by atoms with Crippen LogP contribution in [0.5, 0.6) is 0 Å². The van der Waals surface area contributed by atoms with Crippen LogP contribution >= 0.6 is 0 Å². The van der Waals surface area contributed by atoms with Gasteiger partial charge in [-0.25, -0.2) is 0 Å². The van der Waals surface area contributed by atoms with E-state index in [0.29, 0.717) is 12.1 Å². The lowest BCUT2D eigenvalue weighted by molar-refractivity contribution is 0.227. The number of likely N-dealkylation sites (N-methyl/N-ethyl adjacent to an activating group) is 1. The lowest BCUT2D eigenvalue weighted by Gasteiger charge is -2.29. The number of hydrogen-bond acceptors (Lipinski definition) is 2. The van der Waals surface area contributed by atoms with Crippen LogP contribution in [0.15, 0.2) is 12.1 Å². The number of rotatable bonds is 3. The average molecular weight is 247 g/mol. The molecule has 6 heteroatoms. The third-order valence-electron chi connectivity index (χ3n) is 4.12. The molecule has 0 spiro atoms. The van der Waals surface area contributed by atoms with E-state index < -0.39 is 12.4 Å². The van der Waals surface area contributed by atoms with Gasteiger partial charge in [-0.3, -0.25) is 4.90 Å². The molecular weight excluding hydrogens is 228 g/mol. The Kier molecular flexibility index (Phi) is 3.54. The van der Waals surface area contributed by atoms with Crippen LogP contribution in [0, 0.1) is 0 Å². The highest BCUT2D eigenvalue weighted by atomic mass is 19.4. The maximum absolute atomic E-state index is 12.5. The van der Waals surface area contributed by atoms with E-state index in [2.05, 4.69) is 18.5 Å². The molecule has 0 aliphatic carbocycles. The van der Waals surface area contributed by atoms with Crippen LogP contribution in [0.4, 0.5) is 12.9 Å². The fraction of sp³-hybridized carbons (Fsp3) is 0.818. The van der Waals surface area contributed by atoms with Gasteiger partial charge in [-0.05, 0) is 39.4 Å². The second-order valence-electron chi connectivity index (χ2n) is 5.31. The molecule has 0 N–H and O–H groups in total. The van der Waals surface area contributed by atoms with Gasteiger partial charge in [0.15, 0.2) is 0 Å². The number of nitrogens with zero attached hydrogens (tertiary/aromatic N) is 2. The van der Waals surface area contributed by atoms with Gasteiger partial charge >= 0.3 is 6.98 Å². The van der Waals surface area contributed by atoms with Crippen LogP contribution in [-0.4, -0.2) is 55.5 Å². The molecule has 2 nitrogen and oxygen atoms in total. The second kappa shape index (κ2) is 4.65. The first-order chi connectivity index (χ1) is 7.88. The molecule has 2 aliphatic rings. The molecule has 2 saturated heterocycles. The molecule has 17 heavy (non-hydrogen) atoms. The van der Waals surface area contributed by atoms with Crippen molar-refractivity contribution in [2.75, 3.05) is 26.7 Å². The van der Waals surface area contributed by atoms with Crippen LogP contribution in [0.2, 0.25) is 0 Å². The first kappa shape index (κ1) is 13.0. The Morgan fingerprint density at radius 1 is 1.24 bits per heavy atom. The molecule has 0 radical (unpaired) electrons. The Morgan fingerprint density at radius 2 is 1.88 bits per heavy atom. The molecule has 0 amide bonds. The molecule has 2 aliphatic heterocycles. The molecule has 0 aromatic heterocycles. The van der Waals surface area contributed by atoms with E-state index in [-0.39, 0.29) is 6.54 Å². The van der Waals surface area contributed by atoms with Gasteiger partial charge in [0.1, 0.15) is 0 Å². The monoisotopic (exact) mass is 247 g/mol. The molecule has 0 aromatic rings. The fourth-order valence-corrected chi connectivity index (χ4v) is 2.91. The summed E-state index contributed by atoms with van der Waals surface area (Å²) in [4.78, 5) is 4.25. The summed E-state index contributed by atoms with van der Waals surface area (Å²) in [6, 6.07) is 0.991. The zero-order valence-electron chi connectivity index (χ0n) is 10.2. The summed E-state index contributed by atoms with van der Waals surface area (Å²) in [5, 5.41) is 0. The van der Waals surface area contributed by atoms with Crippen molar-refractivity contribution in [2.24, 2.45) is 0 Å². The third kappa shape index (κ3) is 2.85. The minimum Gasteiger partial charge on any atom is -0.445 e. The van der Waals surface area contributed by atoms with Crippen molar-refractivity contribution in [3.8, 4) is 0 Å². The molecule has 2 bridgehead atoms. The van der Waals surface area contributed by atoms with E-state index >= 15 is 0 Å². The van der Waals surface area contributed by atoms with E-state index in [1.807, 2.05) is 4.90 Å². The summed E-state index contributed by atoms with van der Waals surface area (Å²) in [6.07, 6.45) is 3.28. The molecule has 2 atom stereocenters. The maximum atomic E-state index is 12.5. The summed E-state index contributed by atoms with van der Waals surface area (Å²) >= 11 is 0. The normalized spacial score (nSPS) is 31.5. The Hall–Kier alpha value is -0.485. The highest BCUT2D eigenvalue weighted by Crippen LogP contribution is 2.29. The largest absolute Gasteiger partial charge is 0.506 e. The van der Waals surface area contributed by atoms with Gasteiger partial charge in [0.05, 0.1) is 0 Å². The first-order valence-corrected chi connectivity index (χ1v) is 6.20. The van der Waals surface area contributed by atoms with Crippen LogP contribution in [0.1, 0.15) is 19.3 Å². The summed E-state index contributed by atoms with van der Waals surface area (Å²) in [5.74, 6) is 0. The predicted molar refractivity (Wildman–Crippen MR) is 63.8 cm³/mol. The van der Waals surface area contributed by atoms with Crippen molar-refractivity contribution in [3.63, 3.8) is 0 Å². The SMILES string of the molecule is C=C(CN1CCC2CCC(C1)N2C)[B-](F)(F)F. The highest BCUT2D eigenvalue weighted by molar-refractivity contribution is 6.66. The van der Waals surface area contributed by atoms with Crippen LogP contribution in [0.25, 0.3) is 0 Å². The maximum Gasteiger partial charge on any atom is 0.506 e. The topological polar surface area (TPSA) is 6.48 Å². The Bertz CT molecular complexity index is 306. The van der Waals surface area contributed by atoms with Crippen molar-refractivity contribution in [3.05, 3.63) is 12.1 Å². The fourth-order valence-electron chi connectivity index (χ4n) is 2.91. The molecular formula is C11H19BF3N2-. The van der Waals surface area contributed by atoms with Gasteiger partial charge in [0, 0.05) is 18.6 Å². The van der Waals surface area contributed by atoms with Crippen molar-refractivity contribution < 1.29 is 12.9 Å². The summed E-state index contributed by atoms with van der Waals surface area (Å²) in [6.45, 7) is -0.206. The zero-order valence-corrected chi connectivity index (χ0v) is 10.2. The molecule has 2 heterocycles. The van der Waals surface area contributed by atoms with E-state index in [9.17, 15) is 12.9 Å². The summed E-state index contributed by atoms with van der Waals surface area (Å²) in [7, 11) is 2.09. The van der Waals surface area contributed by atoms with Gasteiger partial charge in [-0.15, -0.1) is 12.1 Å². The molecule has 0 saturated carbocycles. The standard InChI is InChI=1S/C11H19BF3N2/c1-9(12(13,14)15)7-17-6-5-10-3-4-11(8-17)16(10)2/h10-11H,1,3-8H2,2H3/q-1. The number of hydrogen-bond donors (Lipinski definition) is 0. The van der Waals surface area contributed by atoms with E-state index in [0.717, 1.165) is 25.9 Å². The molecule has 98 valence electrons. The summed E-state index contributed by atoms with van der Waals surface area (Å²) < 4.78 is 37.5. The van der Waals surface area contributed by atoms with Crippen LogP contribution in [0.3, 0.4) is 0 Å². The van der Waals surface area contributed by atoms with E-state index in [1.54, 1.807) is 0 Å². The van der Waals surface area contributed by atoms with Gasteiger partial charge in [-0.1, -0.05) is 0 Å². The molecule has 2 unspecified atom stereocenters.